The van der Waals surface area contributed by atoms with Crippen molar-refractivity contribution in [1.29, 1.82) is 0 Å². The Kier molecular flexibility index (Phi) is 4.16. The summed E-state index contributed by atoms with van der Waals surface area (Å²) in [5, 5.41) is 2.85. The molecular weight excluding hydrogens is 188 g/mol. The van der Waals surface area contributed by atoms with E-state index in [-0.39, 0.29) is 5.91 Å². The fourth-order valence-electron chi connectivity index (χ4n) is 1.25. The van der Waals surface area contributed by atoms with Crippen molar-refractivity contribution in [3.8, 4) is 0 Å². The summed E-state index contributed by atoms with van der Waals surface area (Å²) in [6.45, 7) is 4.89. The van der Waals surface area contributed by atoms with E-state index in [2.05, 4.69) is 17.1 Å². The molecule has 3 nitrogen and oxygen atoms in total. The van der Waals surface area contributed by atoms with Crippen LogP contribution in [0.15, 0.2) is 24.3 Å². The minimum atomic E-state index is 0.0475. The first-order valence-corrected chi connectivity index (χ1v) is 5.28. The first-order valence-electron chi connectivity index (χ1n) is 5.28. The monoisotopic (exact) mass is 206 g/mol. The van der Waals surface area contributed by atoms with Crippen LogP contribution in [0, 0.1) is 0 Å². The van der Waals surface area contributed by atoms with E-state index in [0.29, 0.717) is 6.42 Å². The summed E-state index contributed by atoms with van der Waals surface area (Å²) in [6.07, 6.45) is 0.508. The van der Waals surface area contributed by atoms with Crippen LogP contribution in [0.5, 0.6) is 0 Å². The summed E-state index contributed by atoms with van der Waals surface area (Å²) < 4.78 is 0. The van der Waals surface area contributed by atoms with E-state index in [9.17, 15) is 4.79 Å². The summed E-state index contributed by atoms with van der Waals surface area (Å²) >= 11 is 0. The molecule has 0 spiro atoms. The van der Waals surface area contributed by atoms with Crippen LogP contribution in [-0.2, 0) is 4.79 Å². The number of amides is 1. The third-order valence-corrected chi connectivity index (χ3v) is 2.37. The van der Waals surface area contributed by atoms with Gasteiger partial charge >= 0.3 is 0 Å². The Hall–Kier alpha value is -1.51. The van der Waals surface area contributed by atoms with Crippen molar-refractivity contribution in [3.63, 3.8) is 0 Å². The Morgan fingerprint density at radius 3 is 2.73 bits per heavy atom. The fraction of sp³-hybridized carbons (Fsp3) is 0.417. The number of nitrogens with zero attached hydrogens (tertiary/aromatic N) is 1. The number of rotatable bonds is 4. The van der Waals surface area contributed by atoms with Crippen molar-refractivity contribution in [2.75, 3.05) is 23.8 Å². The van der Waals surface area contributed by atoms with Gasteiger partial charge in [-0.1, -0.05) is 13.0 Å². The minimum absolute atomic E-state index is 0.0475. The van der Waals surface area contributed by atoms with Gasteiger partial charge in [0.25, 0.3) is 0 Å². The third-order valence-electron chi connectivity index (χ3n) is 2.37. The molecule has 0 aliphatic carbocycles. The number of benzene rings is 1. The fourth-order valence-corrected chi connectivity index (χ4v) is 1.25. The number of hydrogen-bond acceptors (Lipinski definition) is 2. The molecule has 0 saturated heterocycles. The summed E-state index contributed by atoms with van der Waals surface area (Å²) in [4.78, 5) is 13.3. The second kappa shape index (κ2) is 5.39. The number of carbonyl (C=O) groups is 1. The lowest BCUT2D eigenvalue weighted by atomic mass is 10.2. The summed E-state index contributed by atoms with van der Waals surface area (Å²) in [6, 6.07) is 7.87. The molecule has 0 aliphatic heterocycles. The number of anilines is 2. The van der Waals surface area contributed by atoms with E-state index >= 15 is 0 Å². The van der Waals surface area contributed by atoms with E-state index in [1.54, 1.807) is 0 Å². The molecule has 0 unspecified atom stereocenters. The summed E-state index contributed by atoms with van der Waals surface area (Å²) in [5.41, 5.74) is 1.98. The molecule has 1 aromatic carbocycles. The zero-order valence-corrected chi connectivity index (χ0v) is 9.58. The Labute approximate surface area is 91.1 Å². The molecule has 0 radical (unpaired) electrons. The van der Waals surface area contributed by atoms with Gasteiger partial charge in [-0.15, -0.1) is 0 Å². The van der Waals surface area contributed by atoms with Crippen LogP contribution in [0.25, 0.3) is 0 Å². The van der Waals surface area contributed by atoms with Gasteiger partial charge in [0.15, 0.2) is 0 Å². The van der Waals surface area contributed by atoms with E-state index in [0.717, 1.165) is 17.9 Å². The van der Waals surface area contributed by atoms with Crippen LogP contribution >= 0.6 is 0 Å². The Morgan fingerprint density at radius 1 is 1.40 bits per heavy atom. The predicted molar refractivity (Wildman–Crippen MR) is 64.3 cm³/mol. The molecule has 1 aromatic rings. The molecule has 0 aromatic heterocycles. The third kappa shape index (κ3) is 3.27. The molecular formula is C12H18N2O. The Morgan fingerprint density at radius 2 is 2.13 bits per heavy atom. The molecule has 1 amide bonds. The Balaban J connectivity index is 2.78. The zero-order chi connectivity index (χ0) is 11.3. The maximum atomic E-state index is 11.2. The maximum absolute atomic E-state index is 11.2. The molecule has 15 heavy (non-hydrogen) atoms. The maximum Gasteiger partial charge on any atom is 0.224 e. The molecule has 3 heteroatoms. The lowest BCUT2D eigenvalue weighted by Crippen LogP contribution is -2.16. The number of hydrogen-bond donors (Lipinski definition) is 1. The molecule has 1 rings (SSSR count). The normalized spacial score (nSPS) is 9.80. The van der Waals surface area contributed by atoms with Gasteiger partial charge in [0.2, 0.25) is 5.91 Å². The predicted octanol–water partition coefficient (Wildman–Crippen LogP) is 2.49. The van der Waals surface area contributed by atoms with Gasteiger partial charge < -0.3 is 10.2 Å². The highest BCUT2D eigenvalue weighted by atomic mass is 16.1. The van der Waals surface area contributed by atoms with Gasteiger partial charge in [-0.3, -0.25) is 4.79 Å². The molecule has 0 saturated carbocycles. The topological polar surface area (TPSA) is 32.3 Å². The number of carbonyl (C=O) groups excluding carboxylic acids is 1. The van der Waals surface area contributed by atoms with Crippen LogP contribution in [0.3, 0.4) is 0 Å². The van der Waals surface area contributed by atoms with Crippen molar-refractivity contribution >= 4 is 17.3 Å². The second-order valence-corrected chi connectivity index (χ2v) is 3.47. The highest BCUT2D eigenvalue weighted by Gasteiger charge is 2.01. The molecule has 0 atom stereocenters. The minimum Gasteiger partial charge on any atom is -0.375 e. The van der Waals surface area contributed by atoms with E-state index < -0.39 is 0 Å². The van der Waals surface area contributed by atoms with Gasteiger partial charge in [0, 0.05) is 31.4 Å². The number of nitrogens with one attached hydrogen (secondary N) is 1. The average Bonchev–Trinajstić information content (AvgIpc) is 2.28. The highest BCUT2D eigenvalue weighted by Crippen LogP contribution is 2.18. The summed E-state index contributed by atoms with van der Waals surface area (Å²) in [5.74, 6) is 0.0475. The highest BCUT2D eigenvalue weighted by molar-refractivity contribution is 5.90. The molecule has 0 fully saturated rings. The van der Waals surface area contributed by atoms with Crippen molar-refractivity contribution in [1.82, 2.24) is 0 Å². The Bertz CT molecular complexity index is 336. The molecule has 82 valence electrons. The largest absolute Gasteiger partial charge is 0.375 e. The smallest absolute Gasteiger partial charge is 0.224 e. The lowest BCUT2D eigenvalue weighted by Gasteiger charge is -2.17. The zero-order valence-electron chi connectivity index (χ0n) is 9.58. The van der Waals surface area contributed by atoms with Crippen molar-refractivity contribution in [3.05, 3.63) is 24.3 Å². The lowest BCUT2D eigenvalue weighted by molar-refractivity contribution is -0.115. The van der Waals surface area contributed by atoms with Gasteiger partial charge in [-0.25, -0.2) is 0 Å². The average molecular weight is 206 g/mol. The molecule has 0 bridgehead atoms. The first-order chi connectivity index (χ1) is 7.17. The van der Waals surface area contributed by atoms with Crippen LogP contribution in [0.2, 0.25) is 0 Å². The van der Waals surface area contributed by atoms with E-state index in [4.69, 9.17) is 0 Å². The second-order valence-electron chi connectivity index (χ2n) is 3.47. The van der Waals surface area contributed by atoms with E-state index in [1.807, 2.05) is 38.2 Å². The summed E-state index contributed by atoms with van der Waals surface area (Å²) in [7, 11) is 2.03. The van der Waals surface area contributed by atoms with Crippen LogP contribution in [-0.4, -0.2) is 19.5 Å². The van der Waals surface area contributed by atoms with Gasteiger partial charge in [0.05, 0.1) is 0 Å². The van der Waals surface area contributed by atoms with Crippen LogP contribution in [0.4, 0.5) is 11.4 Å². The van der Waals surface area contributed by atoms with Gasteiger partial charge in [-0.05, 0) is 25.1 Å². The van der Waals surface area contributed by atoms with E-state index in [1.165, 1.54) is 0 Å². The standard InChI is InChI=1S/C12H18N2O/c1-4-12(15)13-10-7-6-8-11(9-10)14(3)5-2/h6-9H,4-5H2,1-3H3,(H,13,15). The molecule has 1 N–H and O–H groups in total. The van der Waals surface area contributed by atoms with Crippen molar-refractivity contribution in [2.45, 2.75) is 20.3 Å². The van der Waals surface area contributed by atoms with Gasteiger partial charge in [0.1, 0.15) is 0 Å². The van der Waals surface area contributed by atoms with Crippen molar-refractivity contribution < 1.29 is 4.79 Å². The van der Waals surface area contributed by atoms with Gasteiger partial charge in [-0.2, -0.15) is 0 Å². The molecule has 0 aliphatic rings. The van der Waals surface area contributed by atoms with Crippen LogP contribution in [0.1, 0.15) is 20.3 Å². The first kappa shape index (κ1) is 11.6. The van der Waals surface area contributed by atoms with Crippen molar-refractivity contribution in [2.24, 2.45) is 0 Å². The van der Waals surface area contributed by atoms with Crippen LogP contribution < -0.4 is 10.2 Å². The molecule has 0 heterocycles. The SMILES string of the molecule is CCC(=O)Nc1cccc(N(C)CC)c1. The quantitative estimate of drug-likeness (QED) is 0.820.